The molecule has 0 saturated heterocycles. The highest BCUT2D eigenvalue weighted by Crippen LogP contribution is 2.31. The predicted molar refractivity (Wildman–Crippen MR) is 69.9 cm³/mol. The Bertz CT molecular complexity index is 871. The maximum Gasteiger partial charge on any atom is 0.229 e. The van der Waals surface area contributed by atoms with E-state index in [1.54, 1.807) is 25.1 Å². The molecular weight excluding hydrogens is 280 g/mol. The van der Waals surface area contributed by atoms with E-state index >= 15 is 0 Å². The first-order valence-electron chi connectivity index (χ1n) is 5.83. The average Bonchev–Trinajstić information content (AvgIpc) is 2.81. The van der Waals surface area contributed by atoms with Crippen LogP contribution in [0.25, 0.3) is 0 Å². The largest absolute Gasteiger partial charge is 0.440 e. The Morgan fingerprint density at radius 3 is 2.30 bits per heavy atom. The first kappa shape index (κ1) is 12.8. The lowest BCUT2D eigenvalue weighted by molar-refractivity contribution is 0.0957. The lowest BCUT2D eigenvalue weighted by Crippen LogP contribution is -2.19. The Balaban J connectivity index is 2.29. The zero-order valence-electron chi connectivity index (χ0n) is 10.8. The van der Waals surface area contributed by atoms with Crippen molar-refractivity contribution >= 4 is 21.4 Å². The molecule has 1 aromatic carbocycles. The van der Waals surface area contributed by atoms with Crippen molar-refractivity contribution in [1.29, 1.82) is 0 Å². The lowest BCUT2D eigenvalue weighted by Gasteiger charge is -2.13. The van der Waals surface area contributed by atoms with E-state index in [1.807, 2.05) is 0 Å². The molecule has 0 spiro atoms. The first-order chi connectivity index (χ1) is 9.29. The van der Waals surface area contributed by atoms with Crippen molar-refractivity contribution in [3.05, 3.63) is 52.3 Å². The van der Waals surface area contributed by atoms with Gasteiger partial charge in [-0.1, -0.05) is 17.7 Å². The number of ketones is 2. The van der Waals surface area contributed by atoms with Gasteiger partial charge in [-0.15, -0.1) is 0 Å². The Hall–Kier alpha value is -2.21. The first-order valence-corrected chi connectivity index (χ1v) is 7.72. The minimum absolute atomic E-state index is 0.00628. The van der Waals surface area contributed by atoms with Crippen LogP contribution in [0.5, 0.6) is 0 Å². The second kappa shape index (κ2) is 3.89. The normalized spacial score (nSPS) is 14.1. The molecule has 0 unspecified atom stereocenters. The maximum absolute atomic E-state index is 12.3. The molecule has 1 aliphatic carbocycles. The fourth-order valence-electron chi connectivity index (χ4n) is 2.20. The molecular formula is C14H10O5S. The molecule has 0 fully saturated rings. The molecule has 0 aliphatic heterocycles. The number of fused-ring (bicyclic) bond motifs is 2. The highest BCUT2D eigenvalue weighted by molar-refractivity contribution is 7.90. The van der Waals surface area contributed by atoms with Crippen LogP contribution >= 0.6 is 0 Å². The molecule has 6 heteroatoms. The van der Waals surface area contributed by atoms with Crippen molar-refractivity contribution < 1.29 is 22.4 Å². The number of hydrogen-bond acceptors (Lipinski definition) is 5. The summed E-state index contributed by atoms with van der Waals surface area (Å²) in [6.07, 6.45) is 0.962. The summed E-state index contributed by atoms with van der Waals surface area (Å²) < 4.78 is 28.0. The van der Waals surface area contributed by atoms with Crippen molar-refractivity contribution in [3.8, 4) is 0 Å². The number of rotatable bonds is 1. The van der Waals surface area contributed by atoms with Gasteiger partial charge in [0.15, 0.2) is 11.5 Å². The molecule has 0 N–H and O–H groups in total. The van der Waals surface area contributed by atoms with E-state index in [0.717, 1.165) is 17.9 Å². The van der Waals surface area contributed by atoms with Crippen molar-refractivity contribution in [2.75, 3.05) is 6.26 Å². The number of carbonyl (C=O) groups is 2. The van der Waals surface area contributed by atoms with Crippen LogP contribution in [-0.2, 0) is 9.84 Å². The molecule has 0 bridgehead atoms. The van der Waals surface area contributed by atoms with E-state index in [9.17, 15) is 18.0 Å². The number of benzene rings is 1. The molecule has 1 aromatic heterocycles. The molecule has 2 aromatic rings. The summed E-state index contributed by atoms with van der Waals surface area (Å²) in [6, 6.07) is 6.02. The average molecular weight is 290 g/mol. The van der Waals surface area contributed by atoms with Gasteiger partial charge in [-0.3, -0.25) is 9.59 Å². The highest BCUT2D eigenvalue weighted by atomic mass is 32.2. The molecule has 5 nitrogen and oxygen atoms in total. The van der Waals surface area contributed by atoms with Crippen molar-refractivity contribution in [1.82, 2.24) is 0 Å². The fourth-order valence-corrected chi connectivity index (χ4v) is 2.77. The van der Waals surface area contributed by atoms with E-state index < -0.39 is 21.4 Å². The second-order valence-corrected chi connectivity index (χ2v) is 6.73. The molecule has 1 aliphatic rings. The van der Waals surface area contributed by atoms with E-state index in [1.165, 1.54) is 0 Å². The zero-order chi connectivity index (χ0) is 14.7. The van der Waals surface area contributed by atoms with E-state index in [4.69, 9.17) is 4.42 Å². The third-order valence-corrected chi connectivity index (χ3v) is 4.12. The summed E-state index contributed by atoms with van der Waals surface area (Å²) in [7, 11) is -3.61. The van der Waals surface area contributed by atoms with Gasteiger partial charge in [0.05, 0.1) is 5.56 Å². The Kier molecular flexibility index (Phi) is 2.49. The van der Waals surface area contributed by atoms with Gasteiger partial charge in [0.1, 0.15) is 0 Å². The Morgan fingerprint density at radius 2 is 1.65 bits per heavy atom. The molecule has 1 heterocycles. The quantitative estimate of drug-likeness (QED) is 0.682. The van der Waals surface area contributed by atoms with Crippen LogP contribution in [0.1, 0.15) is 37.6 Å². The van der Waals surface area contributed by atoms with Crippen LogP contribution in [0, 0.1) is 6.92 Å². The summed E-state index contributed by atoms with van der Waals surface area (Å²) in [6.45, 7) is 1.80. The zero-order valence-corrected chi connectivity index (χ0v) is 11.6. The van der Waals surface area contributed by atoms with Crippen LogP contribution in [0.2, 0.25) is 0 Å². The summed E-state index contributed by atoms with van der Waals surface area (Å²) in [4.78, 5) is 24.6. The molecule has 102 valence electrons. The minimum atomic E-state index is -3.61. The van der Waals surface area contributed by atoms with Gasteiger partial charge in [-0.05, 0) is 13.0 Å². The Labute approximate surface area is 115 Å². The van der Waals surface area contributed by atoms with Crippen LogP contribution in [0.3, 0.4) is 0 Å². The highest BCUT2D eigenvalue weighted by Gasteiger charge is 2.35. The number of hydrogen-bond donors (Lipinski definition) is 0. The smallest absolute Gasteiger partial charge is 0.229 e. The van der Waals surface area contributed by atoms with Gasteiger partial charge in [-0.2, -0.15) is 0 Å². The summed E-state index contributed by atoms with van der Waals surface area (Å²) in [5.41, 5.74) is 1.36. The Morgan fingerprint density at radius 1 is 0.950 bits per heavy atom. The molecule has 0 saturated carbocycles. The van der Waals surface area contributed by atoms with E-state index in [0.29, 0.717) is 0 Å². The number of sulfone groups is 1. The summed E-state index contributed by atoms with van der Waals surface area (Å²) in [5, 5.41) is -0.367. The van der Waals surface area contributed by atoms with Crippen molar-refractivity contribution in [3.63, 3.8) is 0 Å². The number of carbonyl (C=O) groups excluding carboxylic acids is 2. The van der Waals surface area contributed by atoms with Crippen LogP contribution in [0.15, 0.2) is 33.8 Å². The molecule has 0 radical (unpaired) electrons. The predicted octanol–water partition coefficient (Wildman–Crippen LogP) is 1.77. The van der Waals surface area contributed by atoms with E-state index in [-0.39, 0.29) is 27.5 Å². The third-order valence-electron chi connectivity index (χ3n) is 3.19. The van der Waals surface area contributed by atoms with Crippen LogP contribution < -0.4 is 0 Å². The maximum atomic E-state index is 12.3. The van der Waals surface area contributed by atoms with Crippen molar-refractivity contribution in [2.24, 2.45) is 0 Å². The van der Waals surface area contributed by atoms with Gasteiger partial charge < -0.3 is 4.42 Å². The van der Waals surface area contributed by atoms with Gasteiger partial charge in [0, 0.05) is 23.4 Å². The monoisotopic (exact) mass is 290 g/mol. The van der Waals surface area contributed by atoms with Crippen LogP contribution in [0.4, 0.5) is 0 Å². The summed E-state index contributed by atoms with van der Waals surface area (Å²) >= 11 is 0. The topological polar surface area (TPSA) is 81.4 Å². The second-order valence-electron chi connectivity index (χ2n) is 4.79. The lowest BCUT2D eigenvalue weighted by atomic mass is 9.88. The van der Waals surface area contributed by atoms with Crippen LogP contribution in [-0.4, -0.2) is 26.2 Å². The standard InChI is InChI=1S/C14H10O5S/c1-7-3-4-8-9(5-7)13(16)14-10(12(8)15)6-11(19-14)20(2,17)18/h3-6H,1-2H3. The SMILES string of the molecule is Cc1ccc2c(c1)C(=O)c1oc(S(C)(=O)=O)cc1C2=O. The van der Waals surface area contributed by atoms with Crippen molar-refractivity contribution in [2.45, 2.75) is 12.0 Å². The number of aryl methyl sites for hydroxylation is 1. The van der Waals surface area contributed by atoms with Gasteiger partial charge >= 0.3 is 0 Å². The molecule has 3 rings (SSSR count). The minimum Gasteiger partial charge on any atom is -0.440 e. The molecule has 0 amide bonds. The van der Waals surface area contributed by atoms with E-state index in [2.05, 4.69) is 0 Å². The fraction of sp³-hybridized carbons (Fsp3) is 0.143. The summed E-state index contributed by atoms with van der Waals surface area (Å²) in [5.74, 6) is -1.06. The number of furan rings is 1. The van der Waals surface area contributed by atoms with Gasteiger partial charge in [0.25, 0.3) is 0 Å². The van der Waals surface area contributed by atoms with Gasteiger partial charge in [0.2, 0.25) is 20.7 Å². The van der Waals surface area contributed by atoms with Gasteiger partial charge in [-0.25, -0.2) is 8.42 Å². The molecule has 20 heavy (non-hydrogen) atoms. The third kappa shape index (κ3) is 1.72. The molecule has 0 atom stereocenters.